The summed E-state index contributed by atoms with van der Waals surface area (Å²) in [5, 5.41) is 3.19. The molecule has 108 valence electrons. The number of rotatable bonds is 5. The highest BCUT2D eigenvalue weighted by Crippen LogP contribution is 2.10. The van der Waals surface area contributed by atoms with Gasteiger partial charge in [-0.1, -0.05) is 6.07 Å². The van der Waals surface area contributed by atoms with E-state index in [9.17, 15) is 0 Å². The molecule has 0 aliphatic heterocycles. The Kier molecular flexibility index (Phi) is 13.6. The first-order valence-electron chi connectivity index (χ1n) is 5.24. The fourth-order valence-electron chi connectivity index (χ4n) is 1.08. The topological polar surface area (TPSA) is 63.3 Å². The van der Waals surface area contributed by atoms with Crippen LogP contribution < -0.4 is 11.1 Å². The third-order valence-electron chi connectivity index (χ3n) is 1.94. The van der Waals surface area contributed by atoms with Crippen LogP contribution in [0.5, 0.6) is 0 Å². The number of pyridine rings is 1. The molecule has 8 heteroatoms. The fourth-order valence-corrected chi connectivity index (χ4v) is 2.07. The lowest BCUT2D eigenvalue weighted by molar-refractivity contribution is 1.16. The van der Waals surface area contributed by atoms with Crippen LogP contribution in [0, 0.1) is 0 Å². The van der Waals surface area contributed by atoms with Gasteiger partial charge < -0.3 is 11.1 Å². The Morgan fingerprint density at radius 2 is 2.21 bits per heavy atom. The lowest BCUT2D eigenvalue weighted by Crippen LogP contribution is -2.20. The summed E-state index contributed by atoms with van der Waals surface area (Å²) in [5.41, 5.74) is 6.81. The van der Waals surface area contributed by atoms with Gasteiger partial charge in [0.15, 0.2) is 5.11 Å². The predicted molar refractivity (Wildman–Crippen MR) is 92.8 cm³/mol. The van der Waals surface area contributed by atoms with Gasteiger partial charge in [-0.05, 0) is 24.4 Å². The van der Waals surface area contributed by atoms with Gasteiger partial charge in [0.2, 0.25) is 0 Å². The molecule has 19 heavy (non-hydrogen) atoms. The van der Waals surface area contributed by atoms with Crippen molar-refractivity contribution >= 4 is 59.7 Å². The molecule has 1 heterocycles. The minimum atomic E-state index is 0. The third kappa shape index (κ3) is 9.95. The van der Waals surface area contributed by atoms with Crippen molar-refractivity contribution in [3.8, 4) is 0 Å². The van der Waals surface area contributed by atoms with Gasteiger partial charge in [0, 0.05) is 31.2 Å². The molecule has 0 unspecified atom stereocenters. The van der Waals surface area contributed by atoms with Crippen LogP contribution in [0.4, 0.5) is 0 Å². The van der Waals surface area contributed by atoms with Gasteiger partial charge in [0.25, 0.3) is 0 Å². The van der Waals surface area contributed by atoms with Crippen LogP contribution in [0.1, 0.15) is 12.1 Å². The van der Waals surface area contributed by atoms with Crippen LogP contribution in [0.3, 0.4) is 0 Å². The molecule has 0 aliphatic rings. The average Bonchev–Trinajstić information content (AvgIpc) is 2.36. The van der Waals surface area contributed by atoms with E-state index in [4.69, 9.17) is 18.0 Å². The van der Waals surface area contributed by atoms with Crippen LogP contribution in [-0.4, -0.2) is 28.7 Å². The monoisotopic (exact) mass is 340 g/mol. The smallest absolute Gasteiger partial charge is 0.194 e. The van der Waals surface area contributed by atoms with E-state index in [1.54, 1.807) is 25.0 Å². The van der Waals surface area contributed by atoms with Crippen molar-refractivity contribution in [3.63, 3.8) is 0 Å². The van der Waals surface area contributed by atoms with E-state index in [-0.39, 0.29) is 24.8 Å². The molecule has 0 fully saturated rings. The van der Waals surface area contributed by atoms with Crippen molar-refractivity contribution in [3.05, 3.63) is 30.1 Å². The molecule has 0 amide bonds. The zero-order chi connectivity index (χ0) is 12.5. The standard InChI is InChI=1S/C11H16N4S2.2ClH/c1-13-11(16)15-10(12)5-7-17-8-9-4-2-3-6-14-9;;/h2-4,6H,5,7-8H2,1H3,(H3,12,13,15,16);2*1H. The van der Waals surface area contributed by atoms with Crippen molar-refractivity contribution in [2.75, 3.05) is 12.8 Å². The van der Waals surface area contributed by atoms with Crippen molar-refractivity contribution in [2.24, 2.45) is 10.7 Å². The van der Waals surface area contributed by atoms with E-state index in [0.29, 0.717) is 10.9 Å². The molecule has 1 rings (SSSR count). The SMILES string of the molecule is CNC(=S)N=C(N)CCSCc1ccccn1.Cl.Cl. The Bertz CT molecular complexity index is 388. The lowest BCUT2D eigenvalue weighted by Gasteiger charge is -2.02. The number of nitrogens with one attached hydrogen (secondary N) is 1. The highest BCUT2D eigenvalue weighted by molar-refractivity contribution is 7.98. The van der Waals surface area contributed by atoms with Crippen LogP contribution in [0.2, 0.25) is 0 Å². The van der Waals surface area contributed by atoms with Gasteiger partial charge in [-0.3, -0.25) is 4.98 Å². The summed E-state index contributed by atoms with van der Waals surface area (Å²) in [6, 6.07) is 5.92. The van der Waals surface area contributed by atoms with Gasteiger partial charge in [-0.15, -0.1) is 24.8 Å². The molecule has 0 aromatic carbocycles. The summed E-state index contributed by atoms with van der Waals surface area (Å²) in [6.07, 6.45) is 2.54. The molecule has 0 spiro atoms. The Morgan fingerprint density at radius 3 is 2.79 bits per heavy atom. The highest BCUT2D eigenvalue weighted by Gasteiger charge is 1.97. The molecule has 1 aromatic heterocycles. The maximum Gasteiger partial charge on any atom is 0.194 e. The number of hydrogen-bond donors (Lipinski definition) is 2. The summed E-state index contributed by atoms with van der Waals surface area (Å²) >= 11 is 6.67. The zero-order valence-electron chi connectivity index (χ0n) is 10.5. The number of nitrogens with zero attached hydrogens (tertiary/aromatic N) is 2. The maximum atomic E-state index is 5.72. The minimum Gasteiger partial charge on any atom is -0.387 e. The van der Waals surface area contributed by atoms with Gasteiger partial charge >= 0.3 is 0 Å². The maximum absolute atomic E-state index is 5.72. The molecule has 4 nitrogen and oxygen atoms in total. The Balaban J connectivity index is 0. The number of aliphatic imine (C=N–C) groups is 1. The van der Waals surface area contributed by atoms with Crippen LogP contribution in [0.15, 0.2) is 29.4 Å². The normalized spacial score (nSPS) is 10.1. The Hall–Kier alpha value is -0.560. The quantitative estimate of drug-likeness (QED) is 0.373. The average molecular weight is 341 g/mol. The summed E-state index contributed by atoms with van der Waals surface area (Å²) in [4.78, 5) is 8.27. The molecule has 1 aromatic rings. The fraction of sp³-hybridized carbons (Fsp3) is 0.364. The molecular weight excluding hydrogens is 323 g/mol. The summed E-state index contributed by atoms with van der Waals surface area (Å²) in [7, 11) is 1.73. The largest absolute Gasteiger partial charge is 0.387 e. The third-order valence-corrected chi connectivity index (χ3v) is 3.23. The van der Waals surface area contributed by atoms with Gasteiger partial charge in [0.05, 0.1) is 5.69 Å². The number of nitrogens with two attached hydrogens (primary N) is 1. The van der Waals surface area contributed by atoms with Gasteiger partial charge in [-0.25, -0.2) is 4.99 Å². The predicted octanol–water partition coefficient (Wildman–Crippen LogP) is 2.41. The van der Waals surface area contributed by atoms with E-state index >= 15 is 0 Å². The van der Waals surface area contributed by atoms with E-state index < -0.39 is 0 Å². The first kappa shape index (κ1) is 20.8. The second-order valence-electron chi connectivity index (χ2n) is 3.28. The highest BCUT2D eigenvalue weighted by atomic mass is 35.5. The molecular formula is C11H18Cl2N4S2. The second-order valence-corrected chi connectivity index (χ2v) is 4.77. The number of thioether (sulfide) groups is 1. The van der Waals surface area contributed by atoms with Gasteiger partial charge in [-0.2, -0.15) is 11.8 Å². The number of amidine groups is 1. The van der Waals surface area contributed by atoms with E-state index in [1.165, 1.54) is 0 Å². The van der Waals surface area contributed by atoms with Crippen molar-refractivity contribution in [1.29, 1.82) is 0 Å². The molecule has 0 saturated heterocycles. The number of halogens is 2. The van der Waals surface area contributed by atoms with Crippen molar-refractivity contribution < 1.29 is 0 Å². The zero-order valence-corrected chi connectivity index (χ0v) is 13.8. The lowest BCUT2D eigenvalue weighted by atomic mass is 10.4. The number of thiocarbonyl (C=S) groups is 1. The number of aromatic nitrogens is 1. The van der Waals surface area contributed by atoms with E-state index in [0.717, 1.165) is 23.6 Å². The molecule has 0 atom stereocenters. The van der Waals surface area contributed by atoms with Crippen LogP contribution in [-0.2, 0) is 5.75 Å². The summed E-state index contributed by atoms with van der Waals surface area (Å²) < 4.78 is 0. The first-order chi connectivity index (χ1) is 8.22. The molecule has 0 bridgehead atoms. The van der Waals surface area contributed by atoms with Crippen LogP contribution >= 0.6 is 48.8 Å². The second kappa shape index (κ2) is 12.5. The summed E-state index contributed by atoms with van der Waals surface area (Å²) in [5.74, 6) is 2.38. The van der Waals surface area contributed by atoms with Crippen LogP contribution in [0.25, 0.3) is 0 Å². The first-order valence-corrected chi connectivity index (χ1v) is 6.81. The number of hydrogen-bond acceptors (Lipinski definition) is 3. The molecule has 0 radical (unpaired) electrons. The molecule has 3 N–H and O–H groups in total. The van der Waals surface area contributed by atoms with Crippen molar-refractivity contribution in [1.82, 2.24) is 10.3 Å². The van der Waals surface area contributed by atoms with E-state index in [1.807, 2.05) is 18.2 Å². The van der Waals surface area contributed by atoms with Gasteiger partial charge in [0.1, 0.15) is 5.84 Å². The molecule has 0 saturated carbocycles. The molecule has 0 aliphatic carbocycles. The summed E-state index contributed by atoms with van der Waals surface area (Å²) in [6.45, 7) is 0. The van der Waals surface area contributed by atoms with Crippen molar-refractivity contribution in [2.45, 2.75) is 12.2 Å². The Morgan fingerprint density at radius 1 is 1.47 bits per heavy atom. The Labute approximate surface area is 135 Å². The van der Waals surface area contributed by atoms with E-state index in [2.05, 4.69) is 15.3 Å². The minimum absolute atomic E-state index is 0.